The highest BCUT2D eigenvalue weighted by Gasteiger charge is 2.15. The molecule has 1 heterocycles. The summed E-state index contributed by atoms with van der Waals surface area (Å²) in [5.74, 6) is 0.590. The highest BCUT2D eigenvalue weighted by atomic mass is 19.1. The fraction of sp³-hybridized carbons (Fsp3) is 0.227. The van der Waals surface area contributed by atoms with E-state index in [0.29, 0.717) is 17.9 Å². The van der Waals surface area contributed by atoms with Gasteiger partial charge in [0.05, 0.1) is 13.2 Å². The molecule has 0 saturated heterocycles. The third-order valence-corrected chi connectivity index (χ3v) is 4.44. The minimum absolute atomic E-state index is 0.197. The van der Waals surface area contributed by atoms with Crippen molar-refractivity contribution >= 4 is 5.91 Å². The first kappa shape index (κ1) is 19.6. The Balaban J connectivity index is 1.55. The number of amides is 1. The maximum atomic E-state index is 13.8. The summed E-state index contributed by atoms with van der Waals surface area (Å²) >= 11 is 0. The highest BCUT2D eigenvalue weighted by Crippen LogP contribution is 2.25. The number of hydrogen-bond donors (Lipinski definition) is 1. The molecule has 4 nitrogen and oxygen atoms in total. The van der Waals surface area contributed by atoms with E-state index in [1.165, 1.54) is 12.1 Å². The van der Waals surface area contributed by atoms with Crippen molar-refractivity contribution in [2.45, 2.75) is 25.8 Å². The second kappa shape index (κ2) is 8.69. The van der Waals surface area contributed by atoms with Gasteiger partial charge in [-0.3, -0.25) is 4.79 Å². The number of benzene rings is 2. The van der Waals surface area contributed by atoms with Crippen molar-refractivity contribution in [3.63, 3.8) is 0 Å². The number of halogens is 2. The number of aryl methyl sites for hydroxylation is 1. The van der Waals surface area contributed by atoms with Crippen LogP contribution < -0.4 is 10.1 Å². The van der Waals surface area contributed by atoms with Crippen LogP contribution in [-0.2, 0) is 11.2 Å². The number of hydrogen-bond acceptors (Lipinski definition) is 3. The van der Waals surface area contributed by atoms with Crippen molar-refractivity contribution < 1.29 is 22.7 Å². The summed E-state index contributed by atoms with van der Waals surface area (Å²) in [6.45, 7) is 1.66. The molecule has 0 spiro atoms. The molecule has 146 valence electrons. The summed E-state index contributed by atoms with van der Waals surface area (Å²) < 4.78 is 37.7. The Labute approximate surface area is 162 Å². The van der Waals surface area contributed by atoms with E-state index in [2.05, 4.69) is 5.32 Å². The minimum Gasteiger partial charge on any atom is -0.497 e. The summed E-state index contributed by atoms with van der Waals surface area (Å²) in [7, 11) is 1.61. The molecule has 0 aliphatic carbocycles. The van der Waals surface area contributed by atoms with Gasteiger partial charge in [0.25, 0.3) is 0 Å². The first-order chi connectivity index (χ1) is 13.5. The molecule has 1 atom stereocenters. The van der Waals surface area contributed by atoms with Gasteiger partial charge in [0.2, 0.25) is 5.91 Å². The van der Waals surface area contributed by atoms with E-state index < -0.39 is 17.7 Å². The lowest BCUT2D eigenvalue weighted by molar-refractivity contribution is -0.121. The average molecular weight is 385 g/mol. The summed E-state index contributed by atoms with van der Waals surface area (Å²) in [6.07, 6.45) is 0.614. The lowest BCUT2D eigenvalue weighted by Gasteiger charge is -2.15. The van der Waals surface area contributed by atoms with E-state index in [0.717, 1.165) is 17.4 Å². The predicted octanol–water partition coefficient (Wildman–Crippen LogP) is 5.04. The number of carbonyl (C=O) groups excluding carboxylic acids is 1. The molecular weight excluding hydrogens is 364 g/mol. The summed E-state index contributed by atoms with van der Waals surface area (Å²) in [6, 6.07) is 13.9. The lowest BCUT2D eigenvalue weighted by atomic mass is 10.1. The zero-order valence-corrected chi connectivity index (χ0v) is 15.7. The SMILES string of the molecule is COc1ccc(-c2ccc(CCC(=O)NC(C)c3ccc(F)cc3F)o2)cc1. The molecule has 28 heavy (non-hydrogen) atoms. The van der Waals surface area contributed by atoms with Gasteiger partial charge in [-0.05, 0) is 49.4 Å². The quantitative estimate of drug-likeness (QED) is 0.620. The average Bonchev–Trinajstić information content (AvgIpc) is 3.15. The summed E-state index contributed by atoms with van der Waals surface area (Å²) in [5.41, 5.74) is 1.16. The molecule has 6 heteroatoms. The van der Waals surface area contributed by atoms with E-state index in [4.69, 9.17) is 9.15 Å². The number of rotatable bonds is 7. The summed E-state index contributed by atoms with van der Waals surface area (Å²) in [5, 5.41) is 2.72. The first-order valence-electron chi connectivity index (χ1n) is 8.93. The van der Waals surface area contributed by atoms with Crippen LogP contribution in [0.1, 0.15) is 30.7 Å². The van der Waals surface area contributed by atoms with Gasteiger partial charge in [0, 0.05) is 30.0 Å². The molecule has 1 amide bonds. The number of carbonyl (C=O) groups is 1. The zero-order chi connectivity index (χ0) is 20.1. The molecule has 0 fully saturated rings. The second-order valence-electron chi connectivity index (χ2n) is 6.45. The fourth-order valence-corrected chi connectivity index (χ4v) is 2.90. The molecule has 0 saturated carbocycles. The van der Waals surface area contributed by atoms with E-state index >= 15 is 0 Å². The Morgan fingerprint density at radius 1 is 1.11 bits per heavy atom. The van der Waals surface area contributed by atoms with E-state index in [9.17, 15) is 13.6 Å². The Kier molecular flexibility index (Phi) is 6.09. The van der Waals surface area contributed by atoms with E-state index in [1.54, 1.807) is 14.0 Å². The van der Waals surface area contributed by atoms with E-state index in [1.807, 2.05) is 36.4 Å². The van der Waals surface area contributed by atoms with Crippen molar-refractivity contribution in [2.24, 2.45) is 0 Å². The normalized spacial score (nSPS) is 11.9. The van der Waals surface area contributed by atoms with Crippen LogP contribution in [0, 0.1) is 11.6 Å². The highest BCUT2D eigenvalue weighted by molar-refractivity contribution is 5.76. The molecule has 2 aromatic carbocycles. The van der Waals surface area contributed by atoms with Crippen molar-refractivity contribution in [3.05, 3.63) is 77.6 Å². The second-order valence-corrected chi connectivity index (χ2v) is 6.45. The van der Waals surface area contributed by atoms with E-state index in [-0.39, 0.29) is 17.9 Å². The molecule has 0 aliphatic rings. The third kappa shape index (κ3) is 4.76. The fourth-order valence-electron chi connectivity index (χ4n) is 2.90. The van der Waals surface area contributed by atoms with Crippen LogP contribution in [0.15, 0.2) is 59.0 Å². The van der Waals surface area contributed by atoms with Crippen molar-refractivity contribution in [2.75, 3.05) is 7.11 Å². The van der Waals surface area contributed by atoms with Crippen molar-refractivity contribution in [1.82, 2.24) is 5.32 Å². The molecule has 0 radical (unpaired) electrons. The summed E-state index contributed by atoms with van der Waals surface area (Å²) in [4.78, 5) is 12.2. The van der Waals surface area contributed by atoms with Gasteiger partial charge in [-0.1, -0.05) is 6.07 Å². The van der Waals surface area contributed by atoms with Crippen LogP contribution in [0.4, 0.5) is 8.78 Å². The Hall–Kier alpha value is -3.15. The monoisotopic (exact) mass is 385 g/mol. The van der Waals surface area contributed by atoms with Gasteiger partial charge >= 0.3 is 0 Å². The van der Waals surface area contributed by atoms with Crippen LogP contribution in [0.25, 0.3) is 11.3 Å². The minimum atomic E-state index is -0.678. The third-order valence-electron chi connectivity index (χ3n) is 4.44. The Morgan fingerprint density at radius 2 is 1.86 bits per heavy atom. The van der Waals surface area contributed by atoms with Crippen LogP contribution in [-0.4, -0.2) is 13.0 Å². The van der Waals surface area contributed by atoms with Crippen LogP contribution >= 0.6 is 0 Å². The lowest BCUT2D eigenvalue weighted by Crippen LogP contribution is -2.27. The standard InChI is InChI=1S/C22H21F2NO3/c1-14(19-10-5-16(23)13-20(19)24)25-22(26)12-9-18-8-11-21(28-18)15-3-6-17(27-2)7-4-15/h3-8,10-11,13-14H,9,12H2,1-2H3,(H,25,26). The molecular formula is C22H21F2NO3. The molecule has 0 bridgehead atoms. The first-order valence-corrected chi connectivity index (χ1v) is 8.93. The van der Waals surface area contributed by atoms with Gasteiger partial charge in [0.15, 0.2) is 0 Å². The maximum Gasteiger partial charge on any atom is 0.220 e. The topological polar surface area (TPSA) is 51.5 Å². The number of furan rings is 1. The molecule has 1 unspecified atom stereocenters. The maximum absolute atomic E-state index is 13.8. The largest absolute Gasteiger partial charge is 0.497 e. The number of methoxy groups -OCH3 is 1. The van der Waals surface area contributed by atoms with Gasteiger partial charge in [-0.2, -0.15) is 0 Å². The van der Waals surface area contributed by atoms with Crippen molar-refractivity contribution in [1.29, 1.82) is 0 Å². The molecule has 1 aromatic heterocycles. The van der Waals surface area contributed by atoms with Crippen molar-refractivity contribution in [3.8, 4) is 17.1 Å². The van der Waals surface area contributed by atoms with Gasteiger partial charge in [0.1, 0.15) is 28.9 Å². The Bertz CT molecular complexity index is 951. The van der Waals surface area contributed by atoms with Crippen LogP contribution in [0.3, 0.4) is 0 Å². The van der Waals surface area contributed by atoms with Gasteiger partial charge in [-0.15, -0.1) is 0 Å². The Morgan fingerprint density at radius 3 is 2.54 bits per heavy atom. The number of ether oxygens (including phenoxy) is 1. The molecule has 3 rings (SSSR count). The predicted molar refractivity (Wildman–Crippen MR) is 102 cm³/mol. The van der Waals surface area contributed by atoms with Gasteiger partial charge in [-0.25, -0.2) is 8.78 Å². The van der Waals surface area contributed by atoms with Crippen LogP contribution in [0.5, 0.6) is 5.75 Å². The number of nitrogens with one attached hydrogen (secondary N) is 1. The zero-order valence-electron chi connectivity index (χ0n) is 15.7. The van der Waals surface area contributed by atoms with Crippen LogP contribution in [0.2, 0.25) is 0 Å². The molecule has 1 N–H and O–H groups in total. The smallest absolute Gasteiger partial charge is 0.220 e. The molecule has 0 aliphatic heterocycles. The van der Waals surface area contributed by atoms with Gasteiger partial charge < -0.3 is 14.5 Å². The molecule has 3 aromatic rings.